The molecule has 1 aliphatic heterocycles. The molecule has 3 heterocycles. The van der Waals surface area contributed by atoms with Gasteiger partial charge in [0.25, 0.3) is 0 Å². The Bertz CT molecular complexity index is 1540. The van der Waals surface area contributed by atoms with E-state index in [2.05, 4.69) is 10.4 Å². The molecule has 0 saturated heterocycles. The number of rotatable bonds is 5. The van der Waals surface area contributed by atoms with E-state index in [0.29, 0.717) is 36.8 Å². The third-order valence-corrected chi connectivity index (χ3v) is 8.78. The van der Waals surface area contributed by atoms with Crippen LogP contribution >= 0.6 is 0 Å². The number of carboxylic acid groups (broad SMARTS) is 1. The Labute approximate surface area is 243 Å². The van der Waals surface area contributed by atoms with Crippen LogP contribution in [0, 0.1) is 17.8 Å². The van der Waals surface area contributed by atoms with Crippen molar-refractivity contribution in [1.29, 1.82) is 0 Å². The summed E-state index contributed by atoms with van der Waals surface area (Å²) in [6.45, 7) is 0.589. The third kappa shape index (κ3) is 5.19. The highest BCUT2D eigenvalue weighted by Crippen LogP contribution is 2.46. The second kappa shape index (κ2) is 11.1. The molecule has 2 N–H and O–H groups in total. The van der Waals surface area contributed by atoms with Gasteiger partial charge in [-0.15, -0.1) is 0 Å². The van der Waals surface area contributed by atoms with E-state index in [1.54, 1.807) is 42.2 Å². The van der Waals surface area contributed by atoms with E-state index in [0.717, 1.165) is 30.0 Å². The van der Waals surface area contributed by atoms with Gasteiger partial charge in [-0.2, -0.15) is 10.1 Å². The monoisotopic (exact) mass is 573 g/mol. The molecule has 11 heteroatoms. The minimum atomic E-state index is -1.33. The Kier molecular flexibility index (Phi) is 7.34. The number of aliphatic carboxylic acids is 1. The quantitative estimate of drug-likeness (QED) is 0.444. The first kappa shape index (κ1) is 27.7. The molecule has 0 bridgehead atoms. The van der Waals surface area contributed by atoms with Crippen LogP contribution < -0.4 is 14.8 Å². The molecule has 0 spiro atoms. The Morgan fingerprint density at radius 3 is 2.76 bits per heavy atom. The maximum atomic E-state index is 13.7. The normalized spacial score (nSPS) is 28.0. The summed E-state index contributed by atoms with van der Waals surface area (Å²) in [5.41, 5.74) is -1.33. The van der Waals surface area contributed by atoms with Gasteiger partial charge in [-0.3, -0.25) is 9.59 Å². The number of methoxy groups -OCH3 is 1. The smallest absolute Gasteiger partial charge is 0.330 e. The van der Waals surface area contributed by atoms with Gasteiger partial charge in [0.1, 0.15) is 17.4 Å². The second-order valence-electron chi connectivity index (χ2n) is 11.5. The van der Waals surface area contributed by atoms with Crippen LogP contribution in [0.25, 0.3) is 16.6 Å². The molecule has 0 unspecified atom stereocenters. The Hall–Kier alpha value is -4.41. The summed E-state index contributed by atoms with van der Waals surface area (Å²) < 4.78 is 13.6. The van der Waals surface area contributed by atoms with E-state index in [-0.39, 0.29) is 18.2 Å². The standard InChI is InChI=1S/C31H35N5O6/c1-35-12-6-4-3-5-8-20-18-31(20,30(39)40)34-27(37)24-16-22(17-25(24)29(35)38)42-28-23-10-9-21(41-2)14-19(23)15-26(33-28)36-13-7-11-32-36/h5,7-11,13-15,20,22,24-25H,3-4,6,12,16-18H2,1-2H3,(H,34,37)(H,39,40)/t20-,22-,24-,25-,31-/m1/s1. The lowest BCUT2D eigenvalue weighted by Gasteiger charge is -2.26. The predicted octanol–water partition coefficient (Wildman–Crippen LogP) is 3.36. The van der Waals surface area contributed by atoms with Gasteiger partial charge in [-0.05, 0) is 74.2 Å². The van der Waals surface area contributed by atoms with Gasteiger partial charge >= 0.3 is 5.97 Å². The van der Waals surface area contributed by atoms with Crippen molar-refractivity contribution in [3.63, 3.8) is 0 Å². The number of nitrogens with zero attached hydrogens (tertiary/aromatic N) is 4. The van der Waals surface area contributed by atoms with Crippen molar-refractivity contribution < 1.29 is 29.0 Å². The zero-order valence-electron chi connectivity index (χ0n) is 23.7. The number of allylic oxidation sites excluding steroid dienone is 1. The van der Waals surface area contributed by atoms with E-state index < -0.39 is 35.4 Å². The number of hydrogen-bond donors (Lipinski definition) is 2. The number of hydrogen-bond acceptors (Lipinski definition) is 7. The summed E-state index contributed by atoms with van der Waals surface area (Å²) in [7, 11) is 3.37. The number of carbonyl (C=O) groups is 3. The molecule has 2 aliphatic carbocycles. The fraction of sp³-hybridized carbons (Fsp3) is 0.452. The molecule has 6 rings (SSSR count). The molecular formula is C31H35N5O6. The molecule has 11 nitrogen and oxygen atoms in total. The fourth-order valence-corrected chi connectivity index (χ4v) is 6.28. The molecule has 220 valence electrons. The van der Waals surface area contributed by atoms with Crippen molar-refractivity contribution in [2.24, 2.45) is 17.8 Å². The first-order valence-corrected chi connectivity index (χ1v) is 14.4. The number of nitrogens with one attached hydrogen (secondary N) is 1. The van der Waals surface area contributed by atoms with E-state index >= 15 is 0 Å². The lowest BCUT2D eigenvalue weighted by atomic mass is 9.93. The molecule has 1 aromatic carbocycles. The van der Waals surface area contributed by atoms with Gasteiger partial charge in [0, 0.05) is 37.3 Å². The first-order chi connectivity index (χ1) is 20.3. The number of amides is 2. The average molecular weight is 574 g/mol. The highest BCUT2D eigenvalue weighted by atomic mass is 16.5. The number of carbonyl (C=O) groups excluding carboxylic acids is 2. The van der Waals surface area contributed by atoms with Crippen LogP contribution in [0.15, 0.2) is 54.9 Å². The zero-order valence-corrected chi connectivity index (χ0v) is 23.7. The highest BCUT2D eigenvalue weighted by Gasteiger charge is 2.61. The Balaban J connectivity index is 1.32. The van der Waals surface area contributed by atoms with Crippen molar-refractivity contribution in [3.05, 3.63) is 54.9 Å². The van der Waals surface area contributed by atoms with Gasteiger partial charge in [0.2, 0.25) is 17.7 Å². The van der Waals surface area contributed by atoms with Crippen LogP contribution in [0.4, 0.5) is 0 Å². The van der Waals surface area contributed by atoms with E-state index in [4.69, 9.17) is 14.5 Å². The third-order valence-electron chi connectivity index (χ3n) is 8.78. The number of carboxylic acids is 1. The average Bonchev–Trinajstić information content (AvgIpc) is 3.31. The number of pyridine rings is 1. The Morgan fingerprint density at radius 1 is 1.17 bits per heavy atom. The molecule has 0 radical (unpaired) electrons. The van der Waals surface area contributed by atoms with E-state index in [9.17, 15) is 19.5 Å². The summed E-state index contributed by atoms with van der Waals surface area (Å²) in [5.74, 6) is -1.62. The van der Waals surface area contributed by atoms with Crippen molar-refractivity contribution in [2.75, 3.05) is 20.7 Å². The molecular weight excluding hydrogens is 538 g/mol. The van der Waals surface area contributed by atoms with Gasteiger partial charge in [0.15, 0.2) is 5.82 Å². The topological polar surface area (TPSA) is 136 Å². The molecule has 2 saturated carbocycles. The van der Waals surface area contributed by atoms with Crippen LogP contribution in [0.5, 0.6) is 11.6 Å². The summed E-state index contributed by atoms with van der Waals surface area (Å²) in [4.78, 5) is 46.0. The highest BCUT2D eigenvalue weighted by molar-refractivity contribution is 5.94. The molecule has 2 amide bonds. The number of aromatic nitrogens is 3. The second-order valence-corrected chi connectivity index (χ2v) is 11.5. The van der Waals surface area contributed by atoms with Crippen molar-refractivity contribution in [1.82, 2.24) is 25.0 Å². The largest absolute Gasteiger partial charge is 0.497 e. The molecule has 2 aromatic heterocycles. The van der Waals surface area contributed by atoms with Crippen LogP contribution in [0.3, 0.4) is 0 Å². The van der Waals surface area contributed by atoms with Crippen molar-refractivity contribution in [3.8, 4) is 17.4 Å². The Morgan fingerprint density at radius 2 is 2.00 bits per heavy atom. The molecule has 5 atom stereocenters. The summed E-state index contributed by atoms with van der Waals surface area (Å²) in [5, 5.41) is 18.7. The summed E-state index contributed by atoms with van der Waals surface area (Å²) >= 11 is 0. The zero-order chi connectivity index (χ0) is 29.4. The number of fused-ring (bicyclic) bond motifs is 3. The summed E-state index contributed by atoms with van der Waals surface area (Å²) in [6.07, 6.45) is 10.3. The van der Waals surface area contributed by atoms with E-state index in [1.165, 1.54) is 0 Å². The van der Waals surface area contributed by atoms with Crippen LogP contribution in [0.1, 0.15) is 38.5 Å². The fourth-order valence-electron chi connectivity index (χ4n) is 6.28. The van der Waals surface area contributed by atoms with Crippen molar-refractivity contribution in [2.45, 2.75) is 50.2 Å². The molecule has 3 aliphatic rings. The summed E-state index contributed by atoms with van der Waals surface area (Å²) in [6, 6.07) is 9.28. The van der Waals surface area contributed by atoms with Crippen LogP contribution in [-0.4, -0.2) is 74.9 Å². The van der Waals surface area contributed by atoms with Crippen LogP contribution in [-0.2, 0) is 14.4 Å². The predicted molar refractivity (Wildman–Crippen MR) is 153 cm³/mol. The lowest BCUT2D eigenvalue weighted by Crippen LogP contribution is -2.49. The minimum absolute atomic E-state index is 0.126. The van der Waals surface area contributed by atoms with Crippen molar-refractivity contribution >= 4 is 28.6 Å². The van der Waals surface area contributed by atoms with Gasteiger partial charge in [-0.1, -0.05) is 12.2 Å². The molecule has 3 aromatic rings. The van der Waals surface area contributed by atoms with Gasteiger partial charge in [0.05, 0.1) is 18.9 Å². The number of ether oxygens (including phenoxy) is 2. The maximum absolute atomic E-state index is 13.7. The van der Waals surface area contributed by atoms with Crippen LogP contribution in [0.2, 0.25) is 0 Å². The first-order valence-electron chi connectivity index (χ1n) is 14.4. The lowest BCUT2D eigenvalue weighted by molar-refractivity contribution is -0.145. The van der Waals surface area contributed by atoms with E-state index in [1.807, 2.05) is 36.4 Å². The van der Waals surface area contributed by atoms with Gasteiger partial charge in [-0.25, -0.2) is 9.48 Å². The molecule has 2 fully saturated rings. The minimum Gasteiger partial charge on any atom is -0.497 e. The molecule has 42 heavy (non-hydrogen) atoms. The van der Waals surface area contributed by atoms with Gasteiger partial charge < -0.3 is 24.8 Å². The number of benzene rings is 1. The SMILES string of the molecule is COc1ccc2c(O[C@@H]3C[C@H]4C(=O)N[C@]5(C(=O)O)C[C@H]5C=CCCCCN(C)C(=O)[C@@H]4C3)nc(-n3cccn3)cc2c1. The maximum Gasteiger partial charge on any atom is 0.330 e.